The Morgan fingerprint density at radius 3 is 2.85 bits per heavy atom. The Kier molecular flexibility index (Phi) is 4.64. The average molecular weight is 380 g/mol. The number of aryl methyl sites for hydroxylation is 1. The Morgan fingerprint density at radius 2 is 2.11 bits per heavy atom. The Labute approximate surface area is 164 Å². The fraction of sp³-hybridized carbons (Fsp3) is 0.364. The van der Waals surface area contributed by atoms with Crippen molar-refractivity contribution in [3.8, 4) is 5.69 Å². The van der Waals surface area contributed by atoms with E-state index >= 15 is 0 Å². The van der Waals surface area contributed by atoms with E-state index in [1.807, 2.05) is 35.8 Å². The molecule has 1 atom stereocenters. The van der Waals surface area contributed by atoms with Crippen molar-refractivity contribution >= 4 is 17.2 Å². The number of amides is 1. The van der Waals surface area contributed by atoms with Gasteiger partial charge in [0.1, 0.15) is 0 Å². The summed E-state index contributed by atoms with van der Waals surface area (Å²) in [5.74, 6) is 0.0785. The minimum absolute atomic E-state index is 0.00832. The van der Waals surface area contributed by atoms with Crippen LogP contribution in [-0.4, -0.2) is 15.7 Å². The van der Waals surface area contributed by atoms with E-state index < -0.39 is 0 Å². The van der Waals surface area contributed by atoms with E-state index in [1.165, 1.54) is 11.3 Å². The monoisotopic (exact) mass is 379 g/mol. The molecule has 0 saturated carbocycles. The van der Waals surface area contributed by atoms with Gasteiger partial charge in [0.05, 0.1) is 30.0 Å². The molecule has 2 aromatic heterocycles. The fourth-order valence-electron chi connectivity index (χ4n) is 4.00. The molecule has 0 unspecified atom stereocenters. The van der Waals surface area contributed by atoms with E-state index in [9.17, 15) is 4.79 Å². The van der Waals surface area contributed by atoms with Gasteiger partial charge in [-0.2, -0.15) is 5.10 Å². The molecule has 0 radical (unpaired) electrons. The standard InChI is InChI=1S/C22H25N3OS/c1-15-7-4-5-9-19(15)25-20-13-22(2,3)12-18(17(20)14-23-25)24-21(26)11-16-8-6-10-27-16/h4-10,14,18H,11-13H2,1-3H3,(H,24,26)/t18-/m1/s1. The molecule has 27 heavy (non-hydrogen) atoms. The highest BCUT2D eigenvalue weighted by atomic mass is 32.1. The number of nitrogens with one attached hydrogen (secondary N) is 1. The van der Waals surface area contributed by atoms with Crippen LogP contribution < -0.4 is 5.32 Å². The van der Waals surface area contributed by atoms with Crippen molar-refractivity contribution < 1.29 is 4.79 Å². The van der Waals surface area contributed by atoms with Crippen LogP contribution in [-0.2, 0) is 17.6 Å². The third kappa shape index (κ3) is 3.69. The quantitative estimate of drug-likeness (QED) is 0.719. The Morgan fingerprint density at radius 1 is 1.30 bits per heavy atom. The molecule has 0 bridgehead atoms. The van der Waals surface area contributed by atoms with Crippen LogP contribution in [0.1, 0.15) is 48.0 Å². The van der Waals surface area contributed by atoms with Gasteiger partial charge in [0.25, 0.3) is 0 Å². The van der Waals surface area contributed by atoms with Crippen LogP contribution in [0.5, 0.6) is 0 Å². The second-order valence-corrected chi connectivity index (χ2v) is 9.20. The molecular weight excluding hydrogens is 354 g/mol. The van der Waals surface area contributed by atoms with Crippen molar-refractivity contribution in [3.05, 3.63) is 69.7 Å². The van der Waals surface area contributed by atoms with Gasteiger partial charge in [-0.1, -0.05) is 38.1 Å². The van der Waals surface area contributed by atoms with Crippen LogP contribution in [0, 0.1) is 12.3 Å². The zero-order valence-electron chi connectivity index (χ0n) is 16.0. The molecule has 2 heterocycles. The van der Waals surface area contributed by atoms with Crippen molar-refractivity contribution in [1.29, 1.82) is 0 Å². The number of thiophene rings is 1. The van der Waals surface area contributed by atoms with Gasteiger partial charge in [0.15, 0.2) is 0 Å². The van der Waals surface area contributed by atoms with Crippen LogP contribution in [0.3, 0.4) is 0 Å². The van der Waals surface area contributed by atoms with Gasteiger partial charge in [0.2, 0.25) is 5.91 Å². The number of hydrogen-bond acceptors (Lipinski definition) is 3. The van der Waals surface area contributed by atoms with E-state index in [0.717, 1.165) is 29.0 Å². The summed E-state index contributed by atoms with van der Waals surface area (Å²) in [5, 5.41) is 9.97. The maximum atomic E-state index is 12.6. The van der Waals surface area contributed by atoms with Gasteiger partial charge < -0.3 is 5.32 Å². The Balaban J connectivity index is 1.64. The molecule has 1 aromatic carbocycles. The number of nitrogens with zero attached hydrogens (tertiary/aromatic N) is 2. The smallest absolute Gasteiger partial charge is 0.225 e. The van der Waals surface area contributed by atoms with Gasteiger partial charge in [-0.05, 0) is 48.3 Å². The molecule has 140 valence electrons. The van der Waals surface area contributed by atoms with E-state index in [1.54, 1.807) is 11.3 Å². The van der Waals surface area contributed by atoms with Crippen LogP contribution in [0.25, 0.3) is 5.69 Å². The third-order valence-electron chi connectivity index (χ3n) is 5.27. The lowest BCUT2D eigenvalue weighted by Gasteiger charge is -2.36. The molecule has 0 spiro atoms. The molecule has 3 aromatic rings. The number of fused-ring (bicyclic) bond motifs is 1. The first-order chi connectivity index (χ1) is 12.9. The molecular formula is C22H25N3OS. The summed E-state index contributed by atoms with van der Waals surface area (Å²) in [5.41, 5.74) is 4.78. The Bertz CT molecular complexity index is 956. The molecule has 4 nitrogen and oxygen atoms in total. The van der Waals surface area contributed by atoms with Crippen molar-refractivity contribution in [1.82, 2.24) is 15.1 Å². The molecule has 1 aliphatic rings. The largest absolute Gasteiger partial charge is 0.349 e. The third-order valence-corrected chi connectivity index (χ3v) is 6.15. The second kappa shape index (κ2) is 6.97. The maximum absolute atomic E-state index is 12.6. The Hall–Kier alpha value is -2.40. The zero-order valence-corrected chi connectivity index (χ0v) is 16.8. The second-order valence-electron chi connectivity index (χ2n) is 8.17. The predicted molar refractivity (Wildman–Crippen MR) is 109 cm³/mol. The zero-order chi connectivity index (χ0) is 19.0. The van der Waals surface area contributed by atoms with Crippen molar-refractivity contribution in [2.24, 2.45) is 5.41 Å². The van der Waals surface area contributed by atoms with Gasteiger partial charge in [-0.25, -0.2) is 4.68 Å². The summed E-state index contributed by atoms with van der Waals surface area (Å²) in [4.78, 5) is 13.7. The van der Waals surface area contributed by atoms with Gasteiger partial charge >= 0.3 is 0 Å². The number of rotatable bonds is 4. The molecule has 4 rings (SSSR count). The van der Waals surface area contributed by atoms with Crippen LogP contribution in [0.4, 0.5) is 0 Å². The minimum atomic E-state index is 0.00832. The van der Waals surface area contributed by atoms with E-state index in [4.69, 9.17) is 5.10 Å². The molecule has 1 aliphatic carbocycles. The summed E-state index contributed by atoms with van der Waals surface area (Å²) >= 11 is 1.62. The lowest BCUT2D eigenvalue weighted by atomic mass is 9.74. The highest BCUT2D eigenvalue weighted by molar-refractivity contribution is 7.10. The van der Waals surface area contributed by atoms with Crippen LogP contribution >= 0.6 is 11.3 Å². The number of benzene rings is 1. The highest BCUT2D eigenvalue weighted by Crippen LogP contribution is 2.41. The number of aromatic nitrogens is 2. The number of hydrogen-bond donors (Lipinski definition) is 1. The summed E-state index contributed by atoms with van der Waals surface area (Å²) in [7, 11) is 0. The first-order valence-corrected chi connectivity index (χ1v) is 10.3. The maximum Gasteiger partial charge on any atom is 0.225 e. The van der Waals surface area contributed by atoms with Crippen molar-refractivity contribution in [2.45, 2.75) is 46.1 Å². The van der Waals surface area contributed by atoms with Crippen molar-refractivity contribution in [3.63, 3.8) is 0 Å². The molecule has 1 N–H and O–H groups in total. The summed E-state index contributed by atoms with van der Waals surface area (Å²) < 4.78 is 2.06. The van der Waals surface area contributed by atoms with Gasteiger partial charge in [-0.3, -0.25) is 4.79 Å². The van der Waals surface area contributed by atoms with E-state index in [0.29, 0.717) is 6.42 Å². The summed E-state index contributed by atoms with van der Waals surface area (Å²) in [6, 6.07) is 12.3. The normalized spacial score (nSPS) is 18.1. The minimum Gasteiger partial charge on any atom is -0.349 e. The summed E-state index contributed by atoms with van der Waals surface area (Å²) in [6.07, 6.45) is 4.26. The SMILES string of the molecule is Cc1ccccc1-n1ncc2c1CC(C)(C)C[C@H]2NC(=O)Cc1cccs1. The molecule has 0 fully saturated rings. The highest BCUT2D eigenvalue weighted by Gasteiger charge is 2.36. The predicted octanol–water partition coefficient (Wildman–Crippen LogP) is 4.61. The van der Waals surface area contributed by atoms with Crippen molar-refractivity contribution in [2.75, 3.05) is 0 Å². The van der Waals surface area contributed by atoms with Gasteiger partial charge in [-0.15, -0.1) is 11.3 Å². The van der Waals surface area contributed by atoms with Crippen LogP contribution in [0.2, 0.25) is 0 Å². The average Bonchev–Trinajstić information content (AvgIpc) is 3.24. The van der Waals surface area contributed by atoms with E-state index in [2.05, 4.69) is 42.9 Å². The lowest BCUT2D eigenvalue weighted by molar-refractivity contribution is -0.121. The molecule has 0 aliphatic heterocycles. The van der Waals surface area contributed by atoms with E-state index in [-0.39, 0.29) is 17.4 Å². The number of para-hydroxylation sites is 1. The molecule has 0 saturated heterocycles. The lowest BCUT2D eigenvalue weighted by Crippen LogP contribution is -2.37. The fourth-order valence-corrected chi connectivity index (χ4v) is 4.70. The topological polar surface area (TPSA) is 46.9 Å². The molecule has 1 amide bonds. The first-order valence-electron chi connectivity index (χ1n) is 9.37. The summed E-state index contributed by atoms with van der Waals surface area (Å²) in [6.45, 7) is 6.64. The molecule has 5 heteroatoms. The number of carbonyl (C=O) groups excluding carboxylic acids is 1. The van der Waals surface area contributed by atoms with Gasteiger partial charge in [0, 0.05) is 10.4 Å². The van der Waals surface area contributed by atoms with Crippen LogP contribution in [0.15, 0.2) is 48.0 Å². The number of carbonyl (C=O) groups is 1. The first kappa shape index (κ1) is 18.0.